The van der Waals surface area contributed by atoms with Gasteiger partial charge in [-0.2, -0.15) is 0 Å². The molecule has 2 aliphatic rings. The SMILES string of the molecule is CC1(C)N=C2N(c3cccc(-c4nc(-c5ccccc5)nc(-c5ccccc5)n4)c3)C(C)(C)C(C)(C)N2C1(C)C. The van der Waals surface area contributed by atoms with Crippen LogP contribution in [0.1, 0.15) is 55.4 Å². The van der Waals surface area contributed by atoms with E-state index in [1.165, 1.54) is 0 Å². The molecule has 0 saturated carbocycles. The van der Waals surface area contributed by atoms with Crippen LogP contribution in [0, 0.1) is 0 Å². The Morgan fingerprint density at radius 2 is 0.975 bits per heavy atom. The summed E-state index contributed by atoms with van der Waals surface area (Å²) in [6.07, 6.45) is 0. The first-order valence-corrected chi connectivity index (χ1v) is 14.0. The number of anilines is 1. The van der Waals surface area contributed by atoms with E-state index in [-0.39, 0.29) is 22.2 Å². The van der Waals surface area contributed by atoms with Gasteiger partial charge in [-0.25, -0.2) is 19.9 Å². The van der Waals surface area contributed by atoms with Crippen LogP contribution >= 0.6 is 0 Å². The van der Waals surface area contributed by atoms with Crippen molar-refractivity contribution in [2.75, 3.05) is 4.90 Å². The van der Waals surface area contributed by atoms with E-state index in [9.17, 15) is 0 Å². The molecule has 1 saturated heterocycles. The third kappa shape index (κ3) is 3.76. The van der Waals surface area contributed by atoms with Gasteiger partial charge in [-0.1, -0.05) is 72.8 Å². The first-order chi connectivity index (χ1) is 18.8. The minimum atomic E-state index is -0.227. The van der Waals surface area contributed by atoms with Crippen molar-refractivity contribution < 1.29 is 0 Å². The fourth-order valence-electron chi connectivity index (χ4n) is 6.02. The number of aromatic nitrogens is 3. The zero-order valence-corrected chi connectivity index (χ0v) is 24.8. The van der Waals surface area contributed by atoms with E-state index in [0.717, 1.165) is 28.3 Å². The molecule has 0 atom stereocenters. The van der Waals surface area contributed by atoms with Gasteiger partial charge in [0.05, 0.1) is 22.2 Å². The van der Waals surface area contributed by atoms with Gasteiger partial charge in [-0.3, -0.25) is 0 Å². The summed E-state index contributed by atoms with van der Waals surface area (Å²) in [5.74, 6) is 2.99. The Balaban J connectivity index is 1.50. The van der Waals surface area contributed by atoms with Crippen LogP contribution in [0.4, 0.5) is 5.69 Å². The lowest BCUT2D eigenvalue weighted by molar-refractivity contribution is 0.0529. The lowest BCUT2D eigenvalue weighted by Crippen LogP contribution is -2.62. The number of hydrogen-bond acceptors (Lipinski definition) is 6. The summed E-state index contributed by atoms with van der Waals surface area (Å²) in [7, 11) is 0. The first-order valence-electron chi connectivity index (χ1n) is 14.0. The van der Waals surface area contributed by atoms with Crippen molar-refractivity contribution in [1.29, 1.82) is 0 Å². The highest BCUT2D eigenvalue weighted by molar-refractivity contribution is 6.03. The van der Waals surface area contributed by atoms with Crippen LogP contribution in [0.25, 0.3) is 34.2 Å². The van der Waals surface area contributed by atoms with E-state index in [1.807, 2.05) is 60.7 Å². The zero-order chi connectivity index (χ0) is 28.5. The molecule has 2 aliphatic heterocycles. The molecule has 3 aromatic carbocycles. The van der Waals surface area contributed by atoms with Gasteiger partial charge in [0, 0.05) is 22.4 Å². The Hall–Kier alpha value is -4.06. The maximum atomic E-state index is 5.32. The van der Waals surface area contributed by atoms with Crippen molar-refractivity contribution in [3.63, 3.8) is 0 Å². The number of fused-ring (bicyclic) bond motifs is 1. The van der Waals surface area contributed by atoms with Crippen LogP contribution in [0.5, 0.6) is 0 Å². The second kappa shape index (κ2) is 8.72. The normalized spacial score (nSPS) is 19.9. The van der Waals surface area contributed by atoms with Crippen molar-refractivity contribution in [2.45, 2.75) is 77.5 Å². The summed E-state index contributed by atoms with van der Waals surface area (Å²) in [6.45, 7) is 18.4. The Morgan fingerprint density at radius 3 is 1.50 bits per heavy atom. The maximum Gasteiger partial charge on any atom is 0.203 e. The summed E-state index contributed by atoms with van der Waals surface area (Å²) in [5.41, 5.74) is 3.19. The van der Waals surface area contributed by atoms with E-state index in [1.54, 1.807) is 0 Å². The smallest absolute Gasteiger partial charge is 0.203 e. The van der Waals surface area contributed by atoms with Gasteiger partial charge in [-0.05, 0) is 67.5 Å². The number of rotatable bonds is 4. The second-order valence-electron chi connectivity index (χ2n) is 12.9. The molecule has 3 heterocycles. The summed E-state index contributed by atoms with van der Waals surface area (Å²) in [4.78, 5) is 25.0. The molecule has 6 rings (SSSR count). The molecule has 0 aliphatic carbocycles. The third-order valence-electron chi connectivity index (χ3n) is 9.51. The van der Waals surface area contributed by atoms with E-state index >= 15 is 0 Å². The highest BCUT2D eigenvalue weighted by Crippen LogP contribution is 2.53. The predicted octanol–water partition coefficient (Wildman–Crippen LogP) is 7.48. The predicted molar refractivity (Wildman–Crippen MR) is 164 cm³/mol. The largest absolute Gasteiger partial charge is 0.327 e. The van der Waals surface area contributed by atoms with Gasteiger partial charge in [0.2, 0.25) is 5.96 Å². The number of aliphatic imine (C=N–C) groups is 1. The van der Waals surface area contributed by atoms with Gasteiger partial charge >= 0.3 is 0 Å². The molecule has 204 valence electrons. The average Bonchev–Trinajstić information content (AvgIpc) is 3.22. The van der Waals surface area contributed by atoms with Gasteiger partial charge in [0.1, 0.15) is 0 Å². The van der Waals surface area contributed by atoms with Crippen molar-refractivity contribution in [2.24, 2.45) is 4.99 Å². The Morgan fingerprint density at radius 1 is 0.500 bits per heavy atom. The fourth-order valence-corrected chi connectivity index (χ4v) is 6.02. The fraction of sp³-hybridized carbons (Fsp3) is 0.353. The molecular formula is C34H38N6. The standard InChI is InChI=1S/C34H38N6/c1-31(2)32(3,4)40-30(38-31)39(33(5,6)34(40,7)8)26-21-15-20-25(22-26)29-36-27(23-16-11-9-12-17-23)35-28(37-29)24-18-13-10-14-19-24/h9-22H,1-8H3. The monoisotopic (exact) mass is 530 g/mol. The minimum Gasteiger partial charge on any atom is -0.327 e. The molecule has 40 heavy (non-hydrogen) atoms. The molecule has 6 heteroatoms. The number of hydrogen-bond donors (Lipinski definition) is 0. The highest BCUT2D eigenvalue weighted by atomic mass is 15.6. The van der Waals surface area contributed by atoms with Crippen LogP contribution in [0.2, 0.25) is 0 Å². The topological polar surface area (TPSA) is 57.5 Å². The van der Waals surface area contributed by atoms with Crippen LogP contribution in [0.15, 0.2) is 89.9 Å². The van der Waals surface area contributed by atoms with E-state index < -0.39 is 0 Å². The molecule has 0 N–H and O–H groups in total. The first kappa shape index (κ1) is 26.2. The lowest BCUT2D eigenvalue weighted by atomic mass is 9.76. The molecule has 0 spiro atoms. The summed E-state index contributed by atoms with van der Waals surface area (Å²) in [5, 5.41) is 0. The average molecular weight is 531 g/mol. The molecule has 0 unspecified atom stereocenters. The lowest BCUT2D eigenvalue weighted by Gasteiger charge is -2.50. The Kier molecular flexibility index (Phi) is 5.71. The van der Waals surface area contributed by atoms with Crippen LogP contribution in [0.3, 0.4) is 0 Å². The molecule has 0 bridgehead atoms. The van der Waals surface area contributed by atoms with Crippen molar-refractivity contribution in [3.8, 4) is 34.2 Å². The number of nitrogens with zero attached hydrogens (tertiary/aromatic N) is 6. The molecular weight excluding hydrogens is 492 g/mol. The Bertz CT molecular complexity index is 1540. The third-order valence-corrected chi connectivity index (χ3v) is 9.51. The number of benzene rings is 3. The van der Waals surface area contributed by atoms with Gasteiger partial charge < -0.3 is 9.80 Å². The van der Waals surface area contributed by atoms with Gasteiger partial charge in [0.25, 0.3) is 0 Å². The maximum absolute atomic E-state index is 5.32. The van der Waals surface area contributed by atoms with E-state index in [4.69, 9.17) is 19.9 Å². The zero-order valence-electron chi connectivity index (χ0n) is 24.8. The quantitative estimate of drug-likeness (QED) is 0.274. The summed E-state index contributed by atoms with van der Waals surface area (Å²) >= 11 is 0. The van der Waals surface area contributed by atoms with Crippen molar-refractivity contribution in [3.05, 3.63) is 84.9 Å². The molecule has 6 nitrogen and oxygen atoms in total. The minimum absolute atomic E-state index is 0.140. The molecule has 4 aromatic rings. The highest BCUT2D eigenvalue weighted by Gasteiger charge is 2.65. The Labute approximate surface area is 237 Å². The second-order valence-corrected chi connectivity index (χ2v) is 12.9. The van der Waals surface area contributed by atoms with Gasteiger partial charge in [-0.15, -0.1) is 0 Å². The molecule has 1 aromatic heterocycles. The molecule has 0 amide bonds. The van der Waals surface area contributed by atoms with E-state index in [0.29, 0.717) is 17.5 Å². The molecule has 0 radical (unpaired) electrons. The summed E-state index contributed by atoms with van der Waals surface area (Å²) in [6, 6.07) is 28.7. The van der Waals surface area contributed by atoms with Crippen molar-refractivity contribution >= 4 is 11.6 Å². The molecule has 1 fully saturated rings. The van der Waals surface area contributed by atoms with Gasteiger partial charge in [0.15, 0.2) is 17.5 Å². The van der Waals surface area contributed by atoms with Crippen LogP contribution < -0.4 is 4.90 Å². The van der Waals surface area contributed by atoms with E-state index in [2.05, 4.69) is 89.5 Å². The summed E-state index contributed by atoms with van der Waals surface area (Å²) < 4.78 is 0. The van der Waals surface area contributed by atoms with Crippen molar-refractivity contribution in [1.82, 2.24) is 19.9 Å². The van der Waals surface area contributed by atoms with Crippen LogP contribution in [-0.2, 0) is 0 Å². The van der Waals surface area contributed by atoms with Crippen LogP contribution in [-0.4, -0.2) is 48.0 Å². The number of guanidine groups is 1.